The van der Waals surface area contributed by atoms with E-state index in [-0.39, 0.29) is 6.54 Å². The number of methoxy groups -OCH3 is 1. The van der Waals surface area contributed by atoms with Crippen LogP contribution in [0, 0.1) is 6.92 Å². The summed E-state index contributed by atoms with van der Waals surface area (Å²) in [5.74, 6) is 0.467. The Morgan fingerprint density at radius 2 is 2.05 bits per heavy atom. The molecule has 106 valence electrons. The lowest BCUT2D eigenvalue weighted by molar-refractivity contribution is -0.138. The molecule has 4 heteroatoms. The van der Waals surface area contributed by atoms with Crippen molar-refractivity contribution in [2.45, 2.75) is 33.2 Å². The maximum atomic E-state index is 10.7. The van der Waals surface area contributed by atoms with Gasteiger partial charge in [-0.2, -0.15) is 0 Å². The lowest BCUT2D eigenvalue weighted by atomic mass is 9.96. The number of rotatable bonds is 6. The average molecular weight is 265 g/mol. The van der Waals surface area contributed by atoms with Crippen molar-refractivity contribution in [3.05, 3.63) is 28.8 Å². The third-order valence-electron chi connectivity index (χ3n) is 3.16. The number of carboxylic acid groups (broad SMARTS) is 1. The molecule has 0 unspecified atom stereocenters. The number of nitrogens with zero attached hydrogens (tertiary/aromatic N) is 1. The maximum absolute atomic E-state index is 10.7. The van der Waals surface area contributed by atoms with Crippen molar-refractivity contribution in [3.63, 3.8) is 0 Å². The number of carbonyl (C=O) groups is 1. The number of benzene rings is 1. The van der Waals surface area contributed by atoms with Gasteiger partial charge in [0.2, 0.25) is 0 Å². The fourth-order valence-corrected chi connectivity index (χ4v) is 2.12. The molecule has 0 saturated carbocycles. The highest BCUT2D eigenvalue weighted by molar-refractivity contribution is 5.69. The standard InChI is InChI=1S/C15H23NO3/c1-10(2)13-7-12(8-16(4)9-15(17)18)11(3)6-14(13)19-5/h6-7,10H,8-9H2,1-5H3,(H,17,18). The van der Waals surface area contributed by atoms with Gasteiger partial charge in [-0.05, 0) is 42.6 Å². The van der Waals surface area contributed by atoms with E-state index in [1.807, 2.05) is 20.0 Å². The molecule has 0 heterocycles. The van der Waals surface area contributed by atoms with Crippen molar-refractivity contribution >= 4 is 5.97 Å². The molecule has 1 aromatic rings. The summed E-state index contributed by atoms with van der Waals surface area (Å²) in [6.45, 7) is 6.94. The molecule has 1 aromatic carbocycles. The van der Waals surface area contributed by atoms with E-state index in [1.54, 1.807) is 12.0 Å². The first-order valence-corrected chi connectivity index (χ1v) is 6.42. The molecule has 0 atom stereocenters. The Bertz CT molecular complexity index is 455. The van der Waals surface area contributed by atoms with Crippen molar-refractivity contribution in [1.29, 1.82) is 0 Å². The highest BCUT2D eigenvalue weighted by atomic mass is 16.5. The zero-order valence-corrected chi connectivity index (χ0v) is 12.4. The molecule has 1 rings (SSSR count). The molecule has 0 bridgehead atoms. The minimum absolute atomic E-state index is 0.0441. The minimum Gasteiger partial charge on any atom is -0.496 e. The molecular formula is C15H23NO3. The normalized spacial score (nSPS) is 11.1. The van der Waals surface area contributed by atoms with Crippen LogP contribution in [0.3, 0.4) is 0 Å². The third kappa shape index (κ3) is 4.24. The Balaban J connectivity index is 3.01. The first-order valence-electron chi connectivity index (χ1n) is 6.42. The van der Waals surface area contributed by atoms with Gasteiger partial charge in [-0.3, -0.25) is 9.69 Å². The van der Waals surface area contributed by atoms with Crippen LogP contribution in [0.5, 0.6) is 5.75 Å². The SMILES string of the molecule is COc1cc(C)c(CN(C)CC(=O)O)cc1C(C)C. The number of likely N-dealkylation sites (N-methyl/N-ethyl adjacent to an activating group) is 1. The predicted molar refractivity (Wildman–Crippen MR) is 75.8 cm³/mol. The van der Waals surface area contributed by atoms with Crippen molar-refractivity contribution < 1.29 is 14.6 Å². The van der Waals surface area contributed by atoms with Crippen LogP contribution in [0.1, 0.15) is 36.5 Å². The van der Waals surface area contributed by atoms with Crippen LogP contribution in [0.2, 0.25) is 0 Å². The van der Waals surface area contributed by atoms with E-state index < -0.39 is 5.97 Å². The van der Waals surface area contributed by atoms with Gasteiger partial charge >= 0.3 is 5.97 Å². The maximum Gasteiger partial charge on any atom is 0.317 e. The zero-order chi connectivity index (χ0) is 14.6. The summed E-state index contributed by atoms with van der Waals surface area (Å²) in [6.07, 6.45) is 0. The lowest BCUT2D eigenvalue weighted by Crippen LogP contribution is -2.25. The second kappa shape index (κ2) is 6.57. The minimum atomic E-state index is -0.808. The first kappa shape index (κ1) is 15.5. The van der Waals surface area contributed by atoms with E-state index in [0.29, 0.717) is 12.5 Å². The van der Waals surface area contributed by atoms with Gasteiger partial charge in [0.05, 0.1) is 13.7 Å². The molecule has 1 N–H and O–H groups in total. The molecule has 0 aliphatic carbocycles. The Morgan fingerprint density at radius 3 is 2.53 bits per heavy atom. The molecule has 4 nitrogen and oxygen atoms in total. The van der Waals surface area contributed by atoms with Crippen LogP contribution in [-0.2, 0) is 11.3 Å². The summed E-state index contributed by atoms with van der Waals surface area (Å²) in [5, 5.41) is 8.79. The van der Waals surface area contributed by atoms with Crippen molar-refractivity contribution in [3.8, 4) is 5.75 Å². The van der Waals surface area contributed by atoms with E-state index in [2.05, 4.69) is 19.9 Å². The smallest absolute Gasteiger partial charge is 0.317 e. The van der Waals surface area contributed by atoms with Crippen LogP contribution < -0.4 is 4.74 Å². The molecule has 0 aliphatic rings. The van der Waals surface area contributed by atoms with Crippen molar-refractivity contribution in [2.24, 2.45) is 0 Å². The number of hydrogen-bond acceptors (Lipinski definition) is 3. The quantitative estimate of drug-likeness (QED) is 0.859. The lowest BCUT2D eigenvalue weighted by Gasteiger charge is -2.19. The molecular weight excluding hydrogens is 242 g/mol. The van der Waals surface area contributed by atoms with Gasteiger partial charge in [0, 0.05) is 6.54 Å². The van der Waals surface area contributed by atoms with E-state index in [4.69, 9.17) is 9.84 Å². The van der Waals surface area contributed by atoms with Crippen molar-refractivity contribution in [2.75, 3.05) is 20.7 Å². The highest BCUT2D eigenvalue weighted by Crippen LogP contribution is 2.30. The molecule has 0 aromatic heterocycles. The Morgan fingerprint density at radius 1 is 1.42 bits per heavy atom. The van der Waals surface area contributed by atoms with Crippen molar-refractivity contribution in [1.82, 2.24) is 4.90 Å². The number of hydrogen-bond donors (Lipinski definition) is 1. The number of carboxylic acids is 1. The Kier molecular flexibility index (Phi) is 5.36. The van der Waals surface area contributed by atoms with Gasteiger partial charge < -0.3 is 9.84 Å². The largest absolute Gasteiger partial charge is 0.496 e. The topological polar surface area (TPSA) is 49.8 Å². The monoisotopic (exact) mass is 265 g/mol. The van der Waals surface area contributed by atoms with Crippen LogP contribution in [0.15, 0.2) is 12.1 Å². The second-order valence-electron chi connectivity index (χ2n) is 5.24. The van der Waals surface area contributed by atoms with E-state index in [9.17, 15) is 4.79 Å². The third-order valence-corrected chi connectivity index (χ3v) is 3.16. The number of aryl methyl sites for hydroxylation is 1. The van der Waals surface area contributed by atoms with Gasteiger partial charge in [0.15, 0.2) is 0 Å². The van der Waals surface area contributed by atoms with Gasteiger partial charge in [-0.25, -0.2) is 0 Å². The van der Waals surface area contributed by atoms with Crippen LogP contribution >= 0.6 is 0 Å². The zero-order valence-electron chi connectivity index (χ0n) is 12.4. The van der Waals surface area contributed by atoms with E-state index in [1.165, 1.54) is 0 Å². The molecule has 0 spiro atoms. The second-order valence-corrected chi connectivity index (χ2v) is 5.24. The summed E-state index contributed by atoms with van der Waals surface area (Å²) in [7, 11) is 3.49. The summed E-state index contributed by atoms with van der Waals surface area (Å²) in [5.41, 5.74) is 3.43. The molecule has 0 saturated heterocycles. The fourth-order valence-electron chi connectivity index (χ4n) is 2.12. The van der Waals surface area contributed by atoms with Crippen LogP contribution in [-0.4, -0.2) is 36.7 Å². The Labute approximate surface area is 115 Å². The number of aliphatic carboxylic acids is 1. The van der Waals surface area contributed by atoms with Gasteiger partial charge in [-0.1, -0.05) is 19.9 Å². The molecule has 0 amide bonds. The summed E-state index contributed by atoms with van der Waals surface area (Å²) in [4.78, 5) is 12.5. The summed E-state index contributed by atoms with van der Waals surface area (Å²) >= 11 is 0. The van der Waals surface area contributed by atoms with Crippen LogP contribution in [0.4, 0.5) is 0 Å². The Hall–Kier alpha value is -1.55. The van der Waals surface area contributed by atoms with E-state index in [0.717, 1.165) is 22.4 Å². The molecule has 0 fully saturated rings. The predicted octanol–water partition coefficient (Wildman–Crippen LogP) is 2.64. The highest BCUT2D eigenvalue weighted by Gasteiger charge is 2.13. The molecule has 0 aliphatic heterocycles. The van der Waals surface area contributed by atoms with Gasteiger partial charge in [0.1, 0.15) is 5.75 Å². The first-order chi connectivity index (χ1) is 8.85. The summed E-state index contributed by atoms with van der Waals surface area (Å²) < 4.78 is 5.40. The van der Waals surface area contributed by atoms with Gasteiger partial charge in [0.25, 0.3) is 0 Å². The fraction of sp³-hybridized carbons (Fsp3) is 0.533. The van der Waals surface area contributed by atoms with Crippen LogP contribution in [0.25, 0.3) is 0 Å². The molecule has 0 radical (unpaired) electrons. The van der Waals surface area contributed by atoms with E-state index >= 15 is 0 Å². The number of ether oxygens (including phenoxy) is 1. The van der Waals surface area contributed by atoms with Gasteiger partial charge in [-0.15, -0.1) is 0 Å². The average Bonchev–Trinajstić information content (AvgIpc) is 2.29. The molecule has 19 heavy (non-hydrogen) atoms. The summed E-state index contributed by atoms with van der Waals surface area (Å²) in [6, 6.07) is 4.15.